The lowest BCUT2D eigenvalue weighted by Gasteiger charge is -2.42. The second-order valence-corrected chi connectivity index (χ2v) is 6.30. The second-order valence-electron chi connectivity index (χ2n) is 6.30. The SMILES string of the molecule is CC1CCCC(C2(Cc3ccccc3)C=CC=N2)C1O. The molecule has 1 aliphatic carbocycles. The molecule has 1 saturated carbocycles. The Kier molecular flexibility index (Phi) is 3.75. The Morgan fingerprint density at radius 2 is 2.05 bits per heavy atom. The van der Waals surface area contributed by atoms with E-state index in [0.29, 0.717) is 5.92 Å². The van der Waals surface area contributed by atoms with E-state index in [4.69, 9.17) is 4.99 Å². The van der Waals surface area contributed by atoms with E-state index in [-0.39, 0.29) is 17.6 Å². The molecule has 2 nitrogen and oxygen atoms in total. The van der Waals surface area contributed by atoms with Gasteiger partial charge in [0.15, 0.2) is 0 Å². The molecule has 1 N–H and O–H groups in total. The first kappa shape index (κ1) is 13.6. The van der Waals surface area contributed by atoms with Crippen LogP contribution in [0.3, 0.4) is 0 Å². The van der Waals surface area contributed by atoms with Crippen LogP contribution in [0, 0.1) is 11.8 Å². The second kappa shape index (κ2) is 5.53. The van der Waals surface area contributed by atoms with Gasteiger partial charge in [0.25, 0.3) is 0 Å². The molecule has 1 aromatic carbocycles. The molecular weight excluding hydrogens is 246 g/mol. The number of hydrogen-bond donors (Lipinski definition) is 1. The van der Waals surface area contributed by atoms with Crippen LogP contribution in [-0.2, 0) is 6.42 Å². The van der Waals surface area contributed by atoms with Crippen LogP contribution in [0.4, 0.5) is 0 Å². The minimum Gasteiger partial charge on any atom is -0.392 e. The molecule has 1 aromatic rings. The Morgan fingerprint density at radius 1 is 1.25 bits per heavy atom. The summed E-state index contributed by atoms with van der Waals surface area (Å²) in [6, 6.07) is 10.5. The van der Waals surface area contributed by atoms with Crippen LogP contribution in [0.25, 0.3) is 0 Å². The van der Waals surface area contributed by atoms with Gasteiger partial charge in [0.1, 0.15) is 0 Å². The molecular formula is C18H23NO. The van der Waals surface area contributed by atoms with Gasteiger partial charge in [-0.15, -0.1) is 0 Å². The van der Waals surface area contributed by atoms with Gasteiger partial charge in [-0.3, -0.25) is 4.99 Å². The van der Waals surface area contributed by atoms with Crippen molar-refractivity contribution in [1.29, 1.82) is 0 Å². The molecule has 2 heteroatoms. The monoisotopic (exact) mass is 269 g/mol. The summed E-state index contributed by atoms with van der Waals surface area (Å²) in [5, 5.41) is 10.6. The zero-order valence-corrected chi connectivity index (χ0v) is 12.1. The molecule has 1 fully saturated rings. The number of benzene rings is 1. The molecule has 4 atom stereocenters. The van der Waals surface area contributed by atoms with Crippen LogP contribution in [0.15, 0.2) is 47.5 Å². The lowest BCUT2D eigenvalue weighted by atomic mass is 9.68. The van der Waals surface area contributed by atoms with Crippen LogP contribution in [0.1, 0.15) is 31.7 Å². The summed E-state index contributed by atoms with van der Waals surface area (Å²) in [6.07, 6.45) is 10.2. The fourth-order valence-electron chi connectivity index (χ4n) is 3.76. The highest BCUT2D eigenvalue weighted by Crippen LogP contribution is 2.42. The molecule has 106 valence electrons. The third-order valence-electron chi connectivity index (χ3n) is 4.93. The average Bonchev–Trinajstić information content (AvgIpc) is 2.92. The highest BCUT2D eigenvalue weighted by atomic mass is 16.3. The number of aliphatic imine (C=N–C) groups is 1. The van der Waals surface area contributed by atoms with Gasteiger partial charge >= 0.3 is 0 Å². The number of allylic oxidation sites excluding steroid dienone is 1. The van der Waals surface area contributed by atoms with Gasteiger partial charge < -0.3 is 5.11 Å². The van der Waals surface area contributed by atoms with E-state index in [1.54, 1.807) is 0 Å². The summed E-state index contributed by atoms with van der Waals surface area (Å²) in [5.74, 6) is 0.618. The number of aliphatic hydroxyl groups excluding tert-OH is 1. The van der Waals surface area contributed by atoms with Crippen LogP contribution >= 0.6 is 0 Å². The smallest absolute Gasteiger partial charge is 0.0884 e. The standard InChI is InChI=1S/C18H23NO/c1-14-7-5-10-16(17(14)20)18(11-6-12-19-18)13-15-8-3-2-4-9-15/h2-4,6,8-9,11-12,14,16-17,20H,5,7,10,13H2,1H3. The van der Waals surface area contributed by atoms with Crippen molar-refractivity contribution in [2.75, 3.05) is 0 Å². The number of rotatable bonds is 3. The minimum atomic E-state index is -0.243. The molecule has 0 spiro atoms. The number of aliphatic hydroxyl groups is 1. The van der Waals surface area contributed by atoms with E-state index >= 15 is 0 Å². The van der Waals surface area contributed by atoms with Crippen molar-refractivity contribution in [2.24, 2.45) is 16.8 Å². The zero-order valence-electron chi connectivity index (χ0n) is 12.1. The summed E-state index contributed by atoms with van der Waals surface area (Å²) in [6.45, 7) is 2.16. The third kappa shape index (κ3) is 2.45. The van der Waals surface area contributed by atoms with Crippen LogP contribution in [0.5, 0.6) is 0 Å². The summed E-state index contributed by atoms with van der Waals surface area (Å²) in [7, 11) is 0. The predicted molar refractivity (Wildman–Crippen MR) is 83.0 cm³/mol. The van der Waals surface area contributed by atoms with Crippen molar-refractivity contribution >= 4 is 6.21 Å². The summed E-state index contributed by atoms with van der Waals surface area (Å²) in [4.78, 5) is 4.77. The maximum atomic E-state index is 10.6. The summed E-state index contributed by atoms with van der Waals surface area (Å²) >= 11 is 0. The van der Waals surface area contributed by atoms with E-state index in [1.807, 2.05) is 18.4 Å². The van der Waals surface area contributed by atoms with Crippen LogP contribution in [0.2, 0.25) is 0 Å². The fraction of sp³-hybridized carbons (Fsp3) is 0.500. The molecule has 3 rings (SSSR count). The first-order chi connectivity index (χ1) is 9.71. The van der Waals surface area contributed by atoms with Gasteiger partial charge in [-0.05, 0) is 30.4 Å². The van der Waals surface area contributed by atoms with Gasteiger partial charge in [-0.25, -0.2) is 0 Å². The third-order valence-corrected chi connectivity index (χ3v) is 4.93. The van der Waals surface area contributed by atoms with E-state index in [2.05, 4.69) is 37.3 Å². The van der Waals surface area contributed by atoms with E-state index in [9.17, 15) is 5.11 Å². The first-order valence-electron chi connectivity index (χ1n) is 7.66. The Bertz CT molecular complexity index is 493. The molecule has 2 aliphatic rings. The normalized spacial score (nSPS) is 36.4. The van der Waals surface area contributed by atoms with Gasteiger partial charge in [-0.1, -0.05) is 49.8 Å². The molecule has 0 bridgehead atoms. The highest BCUT2D eigenvalue weighted by Gasteiger charge is 2.44. The van der Waals surface area contributed by atoms with Crippen molar-refractivity contribution in [3.63, 3.8) is 0 Å². The van der Waals surface area contributed by atoms with E-state index < -0.39 is 0 Å². The topological polar surface area (TPSA) is 32.6 Å². The summed E-state index contributed by atoms with van der Waals surface area (Å²) < 4.78 is 0. The van der Waals surface area contributed by atoms with Gasteiger partial charge in [0, 0.05) is 18.6 Å². The predicted octanol–water partition coefficient (Wildman–Crippen LogP) is 3.41. The maximum Gasteiger partial charge on any atom is 0.0884 e. The average molecular weight is 269 g/mol. The number of nitrogens with zero attached hydrogens (tertiary/aromatic N) is 1. The maximum absolute atomic E-state index is 10.6. The molecule has 0 aromatic heterocycles. The largest absolute Gasteiger partial charge is 0.392 e. The summed E-state index contributed by atoms with van der Waals surface area (Å²) in [5.41, 5.74) is 1.05. The molecule has 1 heterocycles. The Hall–Kier alpha value is -1.41. The van der Waals surface area contributed by atoms with Crippen molar-refractivity contribution in [2.45, 2.75) is 44.2 Å². The number of hydrogen-bond acceptors (Lipinski definition) is 2. The van der Waals surface area contributed by atoms with Gasteiger partial charge in [-0.2, -0.15) is 0 Å². The molecule has 0 saturated heterocycles. The Balaban J connectivity index is 1.88. The fourth-order valence-corrected chi connectivity index (χ4v) is 3.76. The first-order valence-corrected chi connectivity index (χ1v) is 7.66. The zero-order chi connectivity index (χ0) is 14.0. The lowest BCUT2D eigenvalue weighted by molar-refractivity contribution is -0.00000174. The van der Waals surface area contributed by atoms with E-state index in [1.165, 1.54) is 12.0 Å². The lowest BCUT2D eigenvalue weighted by Crippen LogP contribution is -2.46. The minimum absolute atomic E-state index is 0.237. The molecule has 20 heavy (non-hydrogen) atoms. The van der Waals surface area contributed by atoms with Crippen LogP contribution < -0.4 is 0 Å². The highest BCUT2D eigenvalue weighted by molar-refractivity contribution is 5.75. The Morgan fingerprint density at radius 3 is 2.75 bits per heavy atom. The molecule has 1 aliphatic heterocycles. The van der Waals surface area contributed by atoms with E-state index in [0.717, 1.165) is 19.3 Å². The molecule has 4 unspecified atom stereocenters. The van der Waals surface area contributed by atoms with Gasteiger partial charge in [0.2, 0.25) is 0 Å². The van der Waals surface area contributed by atoms with Crippen molar-refractivity contribution < 1.29 is 5.11 Å². The quantitative estimate of drug-likeness (QED) is 0.896. The van der Waals surface area contributed by atoms with Gasteiger partial charge in [0.05, 0.1) is 11.6 Å². The van der Waals surface area contributed by atoms with Crippen molar-refractivity contribution in [3.05, 3.63) is 48.0 Å². The molecule has 0 amide bonds. The Labute approximate surface area is 121 Å². The van der Waals surface area contributed by atoms with Crippen molar-refractivity contribution in [1.82, 2.24) is 0 Å². The molecule has 0 radical (unpaired) electrons. The van der Waals surface area contributed by atoms with Crippen LogP contribution in [-0.4, -0.2) is 23.0 Å². The van der Waals surface area contributed by atoms with Crippen molar-refractivity contribution in [3.8, 4) is 0 Å².